The summed E-state index contributed by atoms with van der Waals surface area (Å²) in [4.78, 5) is 12.7. The predicted octanol–water partition coefficient (Wildman–Crippen LogP) is 2.45. The van der Waals surface area contributed by atoms with E-state index in [1.807, 2.05) is 26.1 Å². The van der Waals surface area contributed by atoms with Crippen LogP contribution in [0, 0.1) is 6.92 Å². The fraction of sp³-hybridized carbons (Fsp3) is 0.375. The smallest absolute Gasteiger partial charge is 0.169 e. The van der Waals surface area contributed by atoms with Gasteiger partial charge in [0.2, 0.25) is 0 Å². The van der Waals surface area contributed by atoms with E-state index in [9.17, 15) is 4.79 Å². The van der Waals surface area contributed by atoms with E-state index in [4.69, 9.17) is 11.6 Å². The second-order valence-electron chi connectivity index (χ2n) is 5.44. The summed E-state index contributed by atoms with van der Waals surface area (Å²) in [6, 6.07) is 5.96. The molecule has 5 heteroatoms. The zero-order valence-corrected chi connectivity index (χ0v) is 13.0. The first-order valence-electron chi connectivity index (χ1n) is 7.10. The predicted molar refractivity (Wildman–Crippen MR) is 82.8 cm³/mol. The van der Waals surface area contributed by atoms with Crippen molar-refractivity contribution < 1.29 is 4.79 Å². The van der Waals surface area contributed by atoms with Crippen LogP contribution in [-0.2, 0) is 26.4 Å². The number of nitrogens with one attached hydrogen (secondary N) is 1. The van der Waals surface area contributed by atoms with Crippen LogP contribution in [-0.4, -0.2) is 22.1 Å². The molecule has 4 nitrogen and oxygen atoms in total. The number of carbonyl (C=O) groups excluding carboxylic acids is 1. The molecule has 2 aromatic rings. The lowest BCUT2D eigenvalue weighted by molar-refractivity contribution is 0.0989. The van der Waals surface area contributed by atoms with Crippen LogP contribution in [0.4, 0.5) is 0 Å². The summed E-state index contributed by atoms with van der Waals surface area (Å²) in [5, 5.41) is 8.19. The Labute approximate surface area is 129 Å². The van der Waals surface area contributed by atoms with Crippen LogP contribution in [0.3, 0.4) is 0 Å². The lowest BCUT2D eigenvalue weighted by Gasteiger charge is -2.19. The van der Waals surface area contributed by atoms with E-state index in [1.54, 1.807) is 4.68 Å². The molecule has 0 unspecified atom stereocenters. The van der Waals surface area contributed by atoms with Gasteiger partial charge in [-0.05, 0) is 31.0 Å². The van der Waals surface area contributed by atoms with E-state index in [1.165, 1.54) is 11.1 Å². The van der Waals surface area contributed by atoms with Crippen LogP contribution < -0.4 is 5.32 Å². The first kappa shape index (κ1) is 14.3. The number of Topliss-reactive ketones (excluding diaryl/α,β-unsaturated/α-hetero) is 1. The van der Waals surface area contributed by atoms with Gasteiger partial charge in [-0.15, -0.1) is 0 Å². The average Bonchev–Trinajstić information content (AvgIpc) is 2.73. The van der Waals surface area contributed by atoms with Gasteiger partial charge in [-0.3, -0.25) is 9.48 Å². The van der Waals surface area contributed by atoms with Crippen molar-refractivity contribution in [3.63, 3.8) is 0 Å². The molecule has 0 atom stereocenters. The number of aryl methyl sites for hydroxylation is 2. The highest BCUT2D eigenvalue weighted by Gasteiger charge is 2.20. The van der Waals surface area contributed by atoms with E-state index < -0.39 is 0 Å². The van der Waals surface area contributed by atoms with Crippen LogP contribution in [0.25, 0.3) is 0 Å². The lowest BCUT2D eigenvalue weighted by atomic mass is 9.92. The topological polar surface area (TPSA) is 46.9 Å². The average molecular weight is 304 g/mol. The molecule has 0 saturated heterocycles. The molecule has 0 amide bonds. The largest absolute Gasteiger partial charge is 0.312 e. The Kier molecular flexibility index (Phi) is 3.83. The Bertz CT molecular complexity index is 706. The van der Waals surface area contributed by atoms with E-state index in [0.717, 1.165) is 36.5 Å². The zero-order valence-electron chi connectivity index (χ0n) is 12.2. The number of hydrogen-bond acceptors (Lipinski definition) is 3. The first-order valence-corrected chi connectivity index (χ1v) is 7.48. The van der Waals surface area contributed by atoms with Crippen LogP contribution in [0.2, 0.25) is 5.02 Å². The number of nitrogens with zero attached hydrogens (tertiary/aromatic N) is 2. The van der Waals surface area contributed by atoms with E-state index in [0.29, 0.717) is 11.4 Å². The van der Waals surface area contributed by atoms with Crippen LogP contribution in [0.5, 0.6) is 0 Å². The van der Waals surface area contributed by atoms with Crippen LogP contribution in [0.15, 0.2) is 18.2 Å². The third kappa shape index (κ3) is 2.61. The van der Waals surface area contributed by atoms with Crippen LogP contribution in [0.1, 0.15) is 32.9 Å². The standard InChI is InChI=1S/C16H18ClN3O/c1-10-16(17)14(20(2)19-10)8-15(21)13-5-3-4-11-9-18-7-6-12(11)13/h3-5,18H,6-9H2,1-2H3. The quantitative estimate of drug-likeness (QED) is 0.886. The second-order valence-corrected chi connectivity index (χ2v) is 5.82. The Morgan fingerprint density at radius 2 is 2.29 bits per heavy atom. The summed E-state index contributed by atoms with van der Waals surface area (Å²) < 4.78 is 1.70. The van der Waals surface area contributed by atoms with Crippen molar-refractivity contribution in [3.05, 3.63) is 51.3 Å². The summed E-state index contributed by atoms with van der Waals surface area (Å²) in [7, 11) is 1.83. The molecule has 0 aliphatic carbocycles. The van der Waals surface area contributed by atoms with Crippen molar-refractivity contribution in [2.45, 2.75) is 26.3 Å². The zero-order chi connectivity index (χ0) is 15.0. The number of hydrogen-bond donors (Lipinski definition) is 1. The maximum absolute atomic E-state index is 12.7. The fourth-order valence-corrected chi connectivity index (χ4v) is 3.14. The highest BCUT2D eigenvalue weighted by Crippen LogP contribution is 2.24. The van der Waals surface area contributed by atoms with Crippen molar-refractivity contribution in [2.24, 2.45) is 7.05 Å². The van der Waals surface area contributed by atoms with Crippen molar-refractivity contribution >= 4 is 17.4 Å². The van der Waals surface area contributed by atoms with E-state index >= 15 is 0 Å². The Morgan fingerprint density at radius 3 is 3.00 bits per heavy atom. The van der Waals surface area contributed by atoms with Gasteiger partial charge in [-0.2, -0.15) is 5.10 Å². The highest BCUT2D eigenvalue weighted by molar-refractivity contribution is 6.32. The molecule has 0 fully saturated rings. The number of rotatable bonds is 3. The summed E-state index contributed by atoms with van der Waals surface area (Å²) in [5.41, 5.74) is 4.77. The molecule has 1 aromatic carbocycles. The van der Waals surface area contributed by atoms with E-state index in [2.05, 4.69) is 16.5 Å². The molecule has 1 aliphatic rings. The lowest BCUT2D eigenvalue weighted by Crippen LogP contribution is -2.25. The molecule has 1 N–H and O–H groups in total. The minimum atomic E-state index is 0.110. The summed E-state index contributed by atoms with van der Waals surface area (Å²) in [6.45, 7) is 3.61. The Morgan fingerprint density at radius 1 is 1.48 bits per heavy atom. The molecule has 0 saturated carbocycles. The molecule has 2 heterocycles. The fourth-order valence-electron chi connectivity index (χ4n) is 2.91. The Balaban J connectivity index is 1.93. The first-order chi connectivity index (χ1) is 10.1. The number of carbonyl (C=O) groups is 1. The molecule has 0 spiro atoms. The molecule has 0 bridgehead atoms. The number of halogens is 1. The molecular weight excluding hydrogens is 286 g/mol. The minimum Gasteiger partial charge on any atom is -0.312 e. The summed E-state index contributed by atoms with van der Waals surface area (Å²) in [6.07, 6.45) is 1.19. The monoisotopic (exact) mass is 303 g/mol. The third-order valence-corrected chi connectivity index (χ3v) is 4.52. The molecule has 110 valence electrons. The van der Waals surface area contributed by atoms with Crippen molar-refractivity contribution in [3.8, 4) is 0 Å². The number of benzene rings is 1. The third-order valence-electron chi connectivity index (χ3n) is 4.03. The molecule has 21 heavy (non-hydrogen) atoms. The van der Waals surface area contributed by atoms with E-state index in [-0.39, 0.29) is 5.78 Å². The van der Waals surface area contributed by atoms with Gasteiger partial charge in [0.25, 0.3) is 0 Å². The molecular formula is C16H18ClN3O. The van der Waals surface area contributed by atoms with Gasteiger partial charge in [0.15, 0.2) is 5.78 Å². The normalized spacial score (nSPS) is 14.0. The number of ketones is 1. The van der Waals surface area contributed by atoms with Gasteiger partial charge < -0.3 is 5.32 Å². The van der Waals surface area contributed by atoms with Crippen molar-refractivity contribution in [1.29, 1.82) is 0 Å². The Hall–Kier alpha value is -1.65. The van der Waals surface area contributed by atoms with Crippen molar-refractivity contribution in [2.75, 3.05) is 6.54 Å². The van der Waals surface area contributed by atoms with Gasteiger partial charge in [-0.25, -0.2) is 0 Å². The minimum absolute atomic E-state index is 0.110. The highest BCUT2D eigenvalue weighted by atomic mass is 35.5. The maximum atomic E-state index is 12.7. The SMILES string of the molecule is Cc1nn(C)c(CC(=O)c2cccc3c2CCNC3)c1Cl. The van der Waals surface area contributed by atoms with Gasteiger partial charge in [-0.1, -0.05) is 29.8 Å². The molecule has 1 aliphatic heterocycles. The maximum Gasteiger partial charge on any atom is 0.169 e. The molecule has 0 radical (unpaired) electrons. The summed E-state index contributed by atoms with van der Waals surface area (Å²) >= 11 is 6.24. The van der Waals surface area contributed by atoms with Gasteiger partial charge in [0.1, 0.15) is 0 Å². The number of fused-ring (bicyclic) bond motifs is 1. The summed E-state index contributed by atoms with van der Waals surface area (Å²) in [5.74, 6) is 0.110. The van der Waals surface area contributed by atoms with Gasteiger partial charge in [0.05, 0.1) is 22.8 Å². The van der Waals surface area contributed by atoms with Crippen molar-refractivity contribution in [1.82, 2.24) is 15.1 Å². The number of aromatic nitrogens is 2. The second kappa shape index (κ2) is 5.62. The van der Waals surface area contributed by atoms with Gasteiger partial charge in [0, 0.05) is 19.2 Å². The van der Waals surface area contributed by atoms with Crippen LogP contribution >= 0.6 is 11.6 Å². The molecule has 3 rings (SSSR count). The molecule has 1 aromatic heterocycles. The van der Waals surface area contributed by atoms with Gasteiger partial charge >= 0.3 is 0 Å².